The molecule has 0 saturated heterocycles. The largest absolute Gasteiger partial charge is 0.292 e. The number of nitrogens with zero attached hydrogens (tertiary/aromatic N) is 3. The highest BCUT2D eigenvalue weighted by molar-refractivity contribution is 6.18. The maximum absolute atomic E-state index is 5.08. The summed E-state index contributed by atoms with van der Waals surface area (Å²) in [6, 6.07) is 32.0. The first-order chi connectivity index (χ1) is 18.2. The van der Waals surface area contributed by atoms with Gasteiger partial charge in [0.15, 0.2) is 0 Å². The Morgan fingerprint density at radius 3 is 2.41 bits per heavy atom. The van der Waals surface area contributed by atoms with E-state index in [4.69, 9.17) is 9.97 Å². The fraction of sp³-hybridized carbons (Fsp3) is 0. The van der Waals surface area contributed by atoms with Crippen molar-refractivity contribution in [2.45, 2.75) is 0 Å². The van der Waals surface area contributed by atoms with Crippen molar-refractivity contribution in [1.82, 2.24) is 14.4 Å². The minimum absolute atomic E-state index is 0.931. The van der Waals surface area contributed by atoms with Gasteiger partial charge in [-0.3, -0.25) is 9.38 Å². The van der Waals surface area contributed by atoms with Gasteiger partial charge in [-0.05, 0) is 56.6 Å². The Balaban J connectivity index is 1.52. The van der Waals surface area contributed by atoms with E-state index in [0.29, 0.717) is 0 Å². The molecule has 3 heterocycles. The summed E-state index contributed by atoms with van der Waals surface area (Å²) >= 11 is 0. The van der Waals surface area contributed by atoms with Crippen LogP contribution in [-0.4, -0.2) is 14.4 Å². The van der Waals surface area contributed by atoms with Crippen LogP contribution >= 0.6 is 0 Å². The molecule has 0 unspecified atom stereocenters. The second kappa shape index (κ2) is 7.25. The topological polar surface area (TPSA) is 30.2 Å². The Kier molecular flexibility index (Phi) is 3.96. The molecule has 172 valence electrons. The van der Waals surface area contributed by atoms with Crippen LogP contribution < -0.4 is 5.22 Å². The molecular weight excluding hydrogens is 450 g/mol. The van der Waals surface area contributed by atoms with Gasteiger partial charge >= 0.3 is 0 Å². The van der Waals surface area contributed by atoms with Gasteiger partial charge in [-0.25, -0.2) is 4.98 Å². The minimum atomic E-state index is 0.931. The summed E-state index contributed by atoms with van der Waals surface area (Å²) in [5.41, 5.74) is 7.32. The van der Waals surface area contributed by atoms with Crippen LogP contribution in [0.25, 0.3) is 83.8 Å². The van der Waals surface area contributed by atoms with Gasteiger partial charge in [0, 0.05) is 27.9 Å². The van der Waals surface area contributed by atoms with Gasteiger partial charge in [0.2, 0.25) is 0 Å². The van der Waals surface area contributed by atoms with Crippen molar-refractivity contribution in [3.63, 3.8) is 0 Å². The summed E-state index contributed by atoms with van der Waals surface area (Å²) in [4.78, 5) is 10.1. The Bertz CT molecular complexity index is 2290. The normalized spacial score (nSPS) is 12.0. The van der Waals surface area contributed by atoms with Crippen molar-refractivity contribution < 1.29 is 0 Å². The Hall–Kier alpha value is -5.02. The van der Waals surface area contributed by atoms with E-state index in [1.165, 1.54) is 21.5 Å². The van der Waals surface area contributed by atoms with Crippen molar-refractivity contribution in [3.05, 3.63) is 115 Å². The molecule has 0 amide bonds. The molecule has 3 aromatic heterocycles. The van der Waals surface area contributed by atoms with Gasteiger partial charge in [0.1, 0.15) is 5.65 Å². The zero-order valence-electron chi connectivity index (χ0n) is 20.1. The zero-order chi connectivity index (χ0) is 24.7. The number of rotatable bonds is 2. The van der Waals surface area contributed by atoms with Gasteiger partial charge in [0.25, 0.3) is 0 Å². The molecule has 0 aliphatic heterocycles. The Morgan fingerprint density at radius 1 is 0.703 bits per heavy atom. The highest BCUT2D eigenvalue weighted by Crippen LogP contribution is 2.37. The molecule has 0 N–H and O–H groups in total. The molecule has 3 nitrogen and oxygen atoms in total. The summed E-state index contributed by atoms with van der Waals surface area (Å²) in [6.45, 7) is 8.35. The average Bonchev–Trinajstić information content (AvgIpc) is 3.35. The van der Waals surface area contributed by atoms with Gasteiger partial charge in [-0.2, -0.15) is 0 Å². The number of hydrogen-bond donors (Lipinski definition) is 0. The summed E-state index contributed by atoms with van der Waals surface area (Å²) in [7, 11) is 0. The number of hydrogen-bond acceptors (Lipinski definition) is 2. The molecule has 0 fully saturated rings. The van der Waals surface area contributed by atoms with E-state index in [0.717, 1.165) is 60.4 Å². The standard InChI is InChI=1S/C34H21N3/c1-3-21-13-14-22-15-17-23(25-16-12-20(2)32(21)33(22)25)29-18-26-27(19-35-29)24-8-4-6-10-30(24)37-31-11-7-5-9-28(31)36-34(26)37/h3-19H,1-2H2. The quantitative estimate of drug-likeness (QED) is 0.240. The van der Waals surface area contributed by atoms with Crippen molar-refractivity contribution >= 4 is 72.6 Å². The molecule has 0 saturated carbocycles. The van der Waals surface area contributed by atoms with E-state index in [1.807, 2.05) is 18.3 Å². The zero-order valence-corrected chi connectivity index (χ0v) is 20.1. The van der Waals surface area contributed by atoms with Gasteiger partial charge < -0.3 is 0 Å². The number of benzene rings is 5. The van der Waals surface area contributed by atoms with Crippen LogP contribution in [0.5, 0.6) is 0 Å². The van der Waals surface area contributed by atoms with E-state index in [2.05, 4.69) is 102 Å². The smallest absolute Gasteiger partial charge is 0.146 e. The lowest BCUT2D eigenvalue weighted by atomic mass is 9.91. The predicted molar refractivity (Wildman–Crippen MR) is 157 cm³/mol. The van der Waals surface area contributed by atoms with Crippen molar-refractivity contribution in [3.8, 4) is 11.3 Å². The molecule has 5 aromatic carbocycles. The third-order valence-corrected chi connectivity index (χ3v) is 7.67. The van der Waals surface area contributed by atoms with E-state index in [9.17, 15) is 0 Å². The highest BCUT2D eigenvalue weighted by Gasteiger charge is 2.16. The van der Waals surface area contributed by atoms with E-state index >= 15 is 0 Å². The first kappa shape index (κ1) is 20.2. The van der Waals surface area contributed by atoms with Crippen LogP contribution in [0.15, 0.2) is 104 Å². The van der Waals surface area contributed by atoms with E-state index < -0.39 is 0 Å². The fourth-order valence-corrected chi connectivity index (χ4v) is 5.99. The first-order valence-electron chi connectivity index (χ1n) is 12.4. The molecule has 8 aromatic rings. The molecule has 0 aliphatic rings. The lowest BCUT2D eigenvalue weighted by Crippen LogP contribution is -2.02. The molecule has 8 rings (SSSR count). The summed E-state index contributed by atoms with van der Waals surface area (Å²) in [5, 5.41) is 9.10. The van der Waals surface area contributed by atoms with Crippen LogP contribution in [0.1, 0.15) is 5.56 Å². The molecule has 0 spiro atoms. The number of imidazole rings is 1. The summed E-state index contributed by atoms with van der Waals surface area (Å²) in [6.07, 6.45) is 3.92. The molecule has 0 aliphatic carbocycles. The average molecular weight is 472 g/mol. The molecular formula is C34H21N3. The molecule has 0 atom stereocenters. The SMILES string of the molecule is C=Cc1ccc2ccc(-c3cc4c(cn3)c3ccccc3n3c5ccccc5nc43)c3ccc(=C)c1c23. The van der Waals surface area contributed by atoms with Gasteiger partial charge in [0.05, 0.1) is 22.2 Å². The fourth-order valence-electron chi connectivity index (χ4n) is 5.99. The van der Waals surface area contributed by atoms with E-state index in [-0.39, 0.29) is 0 Å². The van der Waals surface area contributed by atoms with Crippen molar-refractivity contribution in [2.24, 2.45) is 0 Å². The predicted octanol–water partition coefficient (Wildman–Crippen LogP) is 7.93. The molecule has 37 heavy (non-hydrogen) atoms. The molecule has 0 radical (unpaired) electrons. The van der Waals surface area contributed by atoms with Crippen molar-refractivity contribution in [2.75, 3.05) is 0 Å². The van der Waals surface area contributed by atoms with Crippen LogP contribution in [0.2, 0.25) is 0 Å². The van der Waals surface area contributed by atoms with Crippen LogP contribution in [0.4, 0.5) is 0 Å². The maximum atomic E-state index is 5.08. The monoisotopic (exact) mass is 471 g/mol. The summed E-state index contributed by atoms with van der Waals surface area (Å²) in [5.74, 6) is 0. The van der Waals surface area contributed by atoms with Gasteiger partial charge in [-0.1, -0.05) is 86.0 Å². The van der Waals surface area contributed by atoms with Crippen LogP contribution in [0.3, 0.4) is 0 Å². The highest BCUT2D eigenvalue weighted by atomic mass is 15.0. The van der Waals surface area contributed by atoms with Gasteiger partial charge in [-0.15, -0.1) is 0 Å². The minimum Gasteiger partial charge on any atom is -0.292 e. The summed E-state index contributed by atoms with van der Waals surface area (Å²) < 4.78 is 2.28. The third kappa shape index (κ3) is 2.66. The third-order valence-electron chi connectivity index (χ3n) is 7.67. The number of fused-ring (bicyclic) bond motifs is 8. The number of para-hydroxylation sites is 3. The van der Waals surface area contributed by atoms with Crippen LogP contribution in [-0.2, 0) is 0 Å². The second-order valence-electron chi connectivity index (χ2n) is 9.61. The lowest BCUT2D eigenvalue weighted by Gasteiger charge is -2.14. The number of pyridine rings is 2. The number of aromatic nitrogens is 3. The van der Waals surface area contributed by atoms with Crippen molar-refractivity contribution in [1.29, 1.82) is 0 Å². The Morgan fingerprint density at radius 2 is 1.51 bits per heavy atom. The lowest BCUT2D eigenvalue weighted by molar-refractivity contribution is 1.30. The first-order valence-corrected chi connectivity index (χ1v) is 12.4. The second-order valence-corrected chi connectivity index (χ2v) is 9.61. The molecule has 3 heteroatoms. The molecule has 0 bridgehead atoms. The van der Waals surface area contributed by atoms with Crippen LogP contribution in [0, 0.1) is 0 Å². The maximum Gasteiger partial charge on any atom is 0.146 e. The Labute approximate surface area is 212 Å². The van der Waals surface area contributed by atoms with E-state index in [1.54, 1.807) is 0 Å².